The fourth-order valence-corrected chi connectivity index (χ4v) is 4.59. The van der Waals surface area contributed by atoms with Gasteiger partial charge in [0.15, 0.2) is 5.58 Å². The molecule has 31 heavy (non-hydrogen) atoms. The third-order valence-electron chi connectivity index (χ3n) is 5.00. The molecule has 2 heterocycles. The number of nitrogens with one attached hydrogen (secondary N) is 1. The first-order valence-electron chi connectivity index (χ1n) is 9.18. The minimum absolute atomic E-state index is 0.0422. The van der Waals surface area contributed by atoms with E-state index in [0.717, 1.165) is 16.7 Å². The van der Waals surface area contributed by atoms with E-state index in [9.17, 15) is 17.6 Å². The highest BCUT2D eigenvalue weighted by molar-refractivity contribution is 7.89. The number of oxazole rings is 1. The first-order chi connectivity index (χ1) is 14.6. The van der Waals surface area contributed by atoms with E-state index in [-0.39, 0.29) is 17.1 Å². The zero-order chi connectivity index (χ0) is 22.4. The summed E-state index contributed by atoms with van der Waals surface area (Å²) in [6, 6.07) is 8.82. The van der Waals surface area contributed by atoms with Crippen LogP contribution in [0.3, 0.4) is 0 Å². The Bertz CT molecular complexity index is 1320. The van der Waals surface area contributed by atoms with Gasteiger partial charge in [-0.25, -0.2) is 17.8 Å². The number of fused-ring (bicyclic) bond motifs is 1. The van der Waals surface area contributed by atoms with E-state index in [1.165, 1.54) is 33.2 Å². The molecule has 0 radical (unpaired) electrons. The summed E-state index contributed by atoms with van der Waals surface area (Å²) in [5.41, 5.74) is -0.203. The molecule has 4 rings (SSSR count). The second-order valence-electron chi connectivity index (χ2n) is 7.29. The van der Waals surface area contributed by atoms with Crippen LogP contribution in [0, 0.1) is 5.82 Å². The van der Waals surface area contributed by atoms with Crippen molar-refractivity contribution in [3.05, 3.63) is 53.7 Å². The Morgan fingerprint density at radius 1 is 1.29 bits per heavy atom. The normalized spacial score (nSPS) is 20.1. The molecule has 0 aliphatic carbocycles. The molecule has 3 aromatic rings. The highest BCUT2D eigenvalue weighted by atomic mass is 32.2. The maximum Gasteiger partial charge on any atom is 0.311 e. The smallest absolute Gasteiger partial charge is 0.311 e. The lowest BCUT2D eigenvalue weighted by molar-refractivity contribution is 0.0992. The molecule has 0 fully saturated rings. The SMILES string of the molecule is COc1ccc2nc(C(=O)Nc3ccc(F)c(C4(C)CS(=O)(=O)N(C)C=N4)c3)oc2c1. The number of aromatic nitrogens is 1. The molecule has 0 saturated heterocycles. The van der Waals surface area contributed by atoms with Crippen LogP contribution >= 0.6 is 0 Å². The van der Waals surface area contributed by atoms with E-state index in [1.54, 1.807) is 18.2 Å². The minimum Gasteiger partial charge on any atom is -0.497 e. The number of hydrogen-bond acceptors (Lipinski definition) is 7. The van der Waals surface area contributed by atoms with E-state index in [4.69, 9.17) is 9.15 Å². The topological polar surface area (TPSA) is 114 Å². The van der Waals surface area contributed by atoms with Crippen molar-refractivity contribution in [2.24, 2.45) is 4.99 Å². The third-order valence-corrected chi connectivity index (χ3v) is 6.90. The predicted octanol–water partition coefficient (Wildman–Crippen LogP) is 2.75. The van der Waals surface area contributed by atoms with Gasteiger partial charge in [-0.3, -0.25) is 14.1 Å². The van der Waals surface area contributed by atoms with Gasteiger partial charge in [0, 0.05) is 24.4 Å². The average molecular weight is 446 g/mol. The predicted molar refractivity (Wildman–Crippen MR) is 112 cm³/mol. The number of anilines is 1. The summed E-state index contributed by atoms with van der Waals surface area (Å²) in [7, 11) is -0.765. The van der Waals surface area contributed by atoms with E-state index in [0.29, 0.717) is 16.8 Å². The molecular weight excluding hydrogens is 427 g/mol. The van der Waals surface area contributed by atoms with Crippen molar-refractivity contribution in [1.29, 1.82) is 0 Å². The van der Waals surface area contributed by atoms with Crippen LogP contribution in [0.25, 0.3) is 11.1 Å². The van der Waals surface area contributed by atoms with Crippen LogP contribution in [-0.4, -0.2) is 49.9 Å². The van der Waals surface area contributed by atoms with Crippen LogP contribution in [0.1, 0.15) is 23.2 Å². The Morgan fingerprint density at radius 3 is 2.77 bits per heavy atom. The second-order valence-corrected chi connectivity index (χ2v) is 9.32. The van der Waals surface area contributed by atoms with E-state index in [1.807, 2.05) is 0 Å². The number of hydrogen-bond donors (Lipinski definition) is 1. The average Bonchev–Trinajstić information content (AvgIpc) is 3.15. The van der Waals surface area contributed by atoms with Crippen molar-refractivity contribution in [3.8, 4) is 5.75 Å². The largest absolute Gasteiger partial charge is 0.497 e. The number of carbonyl (C=O) groups excluding carboxylic acids is 1. The third kappa shape index (κ3) is 3.83. The number of rotatable bonds is 4. The Balaban J connectivity index is 1.63. The summed E-state index contributed by atoms with van der Waals surface area (Å²) >= 11 is 0. The quantitative estimate of drug-likeness (QED) is 0.659. The Morgan fingerprint density at radius 2 is 2.06 bits per heavy atom. The van der Waals surface area contributed by atoms with E-state index < -0.39 is 33.0 Å². The number of halogens is 1. The molecule has 0 spiro atoms. The fraction of sp³-hybridized carbons (Fsp3) is 0.250. The van der Waals surface area contributed by atoms with Gasteiger partial charge in [0.2, 0.25) is 10.0 Å². The standard InChI is InChI=1S/C20H19FN4O5S/c1-20(10-31(27,28)25(2)11-22-20)14-8-12(4-6-15(14)21)23-18(26)19-24-16-7-5-13(29-3)9-17(16)30-19/h4-9,11H,10H2,1-3H3,(H,23,26). The number of amides is 1. The van der Waals surface area contributed by atoms with Gasteiger partial charge in [-0.15, -0.1) is 0 Å². The highest BCUT2D eigenvalue weighted by Gasteiger charge is 2.39. The number of aliphatic imine (C=N–C) groups is 1. The van der Waals surface area contributed by atoms with Crippen molar-refractivity contribution in [2.45, 2.75) is 12.5 Å². The Labute approximate surface area is 177 Å². The van der Waals surface area contributed by atoms with Gasteiger partial charge in [-0.05, 0) is 37.3 Å². The van der Waals surface area contributed by atoms with Crippen molar-refractivity contribution >= 4 is 39.1 Å². The maximum atomic E-state index is 14.6. The molecule has 1 aliphatic heterocycles. The van der Waals surface area contributed by atoms with Gasteiger partial charge in [-0.2, -0.15) is 0 Å². The molecule has 2 aromatic carbocycles. The van der Waals surface area contributed by atoms with Crippen LogP contribution in [0.2, 0.25) is 0 Å². The summed E-state index contributed by atoms with van der Waals surface area (Å²) in [5, 5.41) is 2.60. The zero-order valence-corrected chi connectivity index (χ0v) is 17.7. The zero-order valence-electron chi connectivity index (χ0n) is 16.9. The summed E-state index contributed by atoms with van der Waals surface area (Å²) in [6.45, 7) is 1.52. The lowest BCUT2D eigenvalue weighted by atomic mass is 9.93. The number of carbonyl (C=O) groups is 1. The maximum absolute atomic E-state index is 14.6. The van der Waals surface area contributed by atoms with Crippen molar-refractivity contribution in [3.63, 3.8) is 0 Å². The first kappa shape index (κ1) is 20.8. The first-order valence-corrected chi connectivity index (χ1v) is 10.8. The molecule has 0 saturated carbocycles. The number of nitrogens with zero attached hydrogens (tertiary/aromatic N) is 3. The van der Waals surface area contributed by atoms with E-state index >= 15 is 0 Å². The van der Waals surface area contributed by atoms with E-state index in [2.05, 4.69) is 15.3 Å². The van der Waals surface area contributed by atoms with Gasteiger partial charge in [-0.1, -0.05) is 0 Å². The van der Waals surface area contributed by atoms with Crippen LogP contribution in [0.15, 0.2) is 45.8 Å². The van der Waals surface area contributed by atoms with Crippen LogP contribution in [0.4, 0.5) is 10.1 Å². The Kier molecular flexibility index (Phi) is 4.92. The van der Waals surface area contributed by atoms with Crippen LogP contribution in [-0.2, 0) is 15.6 Å². The van der Waals surface area contributed by atoms with Gasteiger partial charge in [0.25, 0.3) is 5.89 Å². The van der Waals surface area contributed by atoms with Crippen molar-refractivity contribution in [2.75, 3.05) is 25.2 Å². The molecule has 0 bridgehead atoms. The summed E-state index contributed by atoms with van der Waals surface area (Å²) in [4.78, 5) is 21.0. The van der Waals surface area contributed by atoms with Gasteiger partial charge < -0.3 is 14.5 Å². The van der Waals surface area contributed by atoms with Gasteiger partial charge in [0.1, 0.15) is 22.6 Å². The molecule has 1 amide bonds. The minimum atomic E-state index is -3.64. The number of methoxy groups -OCH3 is 1. The molecule has 9 nitrogen and oxygen atoms in total. The molecule has 1 atom stereocenters. The molecule has 1 aromatic heterocycles. The van der Waals surface area contributed by atoms with Gasteiger partial charge >= 0.3 is 5.91 Å². The van der Waals surface area contributed by atoms with Crippen molar-refractivity contribution < 1.29 is 26.8 Å². The number of ether oxygens (including phenoxy) is 1. The monoisotopic (exact) mass is 446 g/mol. The van der Waals surface area contributed by atoms with Crippen LogP contribution in [0.5, 0.6) is 5.75 Å². The fourth-order valence-electron chi connectivity index (χ4n) is 3.25. The Hall–Kier alpha value is -3.47. The molecule has 1 aliphatic rings. The molecule has 1 N–H and O–H groups in total. The number of benzene rings is 2. The summed E-state index contributed by atoms with van der Waals surface area (Å²) < 4.78 is 50.7. The molecule has 11 heteroatoms. The summed E-state index contributed by atoms with van der Waals surface area (Å²) in [5.74, 6) is -1.31. The summed E-state index contributed by atoms with van der Waals surface area (Å²) in [6.07, 6.45) is 1.15. The second kappa shape index (κ2) is 7.34. The molecule has 1 unspecified atom stereocenters. The highest BCUT2D eigenvalue weighted by Crippen LogP contribution is 2.34. The lowest BCUT2D eigenvalue weighted by Gasteiger charge is -2.32. The lowest BCUT2D eigenvalue weighted by Crippen LogP contribution is -2.43. The molecular formula is C20H19FN4O5S. The van der Waals surface area contributed by atoms with Crippen LogP contribution < -0.4 is 10.1 Å². The molecule has 162 valence electrons. The van der Waals surface area contributed by atoms with Crippen molar-refractivity contribution in [1.82, 2.24) is 9.29 Å². The van der Waals surface area contributed by atoms with Gasteiger partial charge in [0.05, 0.1) is 19.2 Å². The number of sulfonamides is 1.